The first-order valence-electron chi connectivity index (χ1n) is 6.14. The molecule has 4 nitrogen and oxygen atoms in total. The van der Waals surface area contributed by atoms with Crippen molar-refractivity contribution in [3.05, 3.63) is 17.8 Å². The van der Waals surface area contributed by atoms with E-state index >= 15 is 0 Å². The third-order valence-electron chi connectivity index (χ3n) is 2.73. The van der Waals surface area contributed by atoms with Crippen LogP contribution in [0.5, 0.6) is 5.75 Å². The zero-order chi connectivity index (χ0) is 12.1. The highest BCUT2D eigenvalue weighted by atomic mass is 16.5. The summed E-state index contributed by atoms with van der Waals surface area (Å²) in [6.45, 7) is 3.43. The lowest BCUT2D eigenvalue weighted by Crippen LogP contribution is -2.06. The van der Waals surface area contributed by atoms with Crippen molar-refractivity contribution in [1.29, 1.82) is 0 Å². The first-order chi connectivity index (χ1) is 8.29. The van der Waals surface area contributed by atoms with E-state index in [0.29, 0.717) is 12.6 Å². The number of pyridine rings is 1. The first-order valence-corrected chi connectivity index (χ1v) is 6.14. The normalized spacial score (nSPS) is 14.7. The maximum Gasteiger partial charge on any atom is 0.129 e. The lowest BCUT2D eigenvalue weighted by molar-refractivity contribution is 0.172. The molecule has 17 heavy (non-hydrogen) atoms. The highest BCUT2D eigenvalue weighted by Gasteiger charge is 2.21. The summed E-state index contributed by atoms with van der Waals surface area (Å²) in [4.78, 5) is 4.35. The Kier molecular flexibility index (Phi) is 4.20. The Balaban J connectivity index is 1.89. The van der Waals surface area contributed by atoms with Gasteiger partial charge in [0.15, 0.2) is 0 Å². The SMILES string of the molecule is COCCCOc1cc(NC2CC2)ncc1C. The molecule has 1 aromatic heterocycles. The molecule has 2 rings (SSSR count). The molecule has 94 valence electrons. The smallest absolute Gasteiger partial charge is 0.129 e. The quantitative estimate of drug-likeness (QED) is 0.738. The van der Waals surface area contributed by atoms with Gasteiger partial charge in [-0.1, -0.05) is 0 Å². The van der Waals surface area contributed by atoms with Crippen LogP contribution >= 0.6 is 0 Å². The summed E-state index contributed by atoms with van der Waals surface area (Å²) < 4.78 is 10.7. The van der Waals surface area contributed by atoms with Gasteiger partial charge in [0, 0.05) is 44.0 Å². The van der Waals surface area contributed by atoms with Gasteiger partial charge < -0.3 is 14.8 Å². The summed E-state index contributed by atoms with van der Waals surface area (Å²) in [5.41, 5.74) is 1.07. The van der Waals surface area contributed by atoms with E-state index in [1.807, 2.05) is 19.2 Å². The Morgan fingerprint density at radius 3 is 2.94 bits per heavy atom. The molecule has 4 heteroatoms. The highest BCUT2D eigenvalue weighted by molar-refractivity contribution is 5.45. The molecule has 1 saturated carbocycles. The second-order valence-electron chi connectivity index (χ2n) is 4.45. The maximum absolute atomic E-state index is 5.72. The fourth-order valence-electron chi connectivity index (χ4n) is 1.56. The molecule has 1 aromatic rings. The molecule has 0 saturated heterocycles. The van der Waals surface area contributed by atoms with E-state index in [0.717, 1.165) is 30.2 Å². The van der Waals surface area contributed by atoms with Crippen molar-refractivity contribution in [3.63, 3.8) is 0 Å². The molecule has 0 bridgehead atoms. The van der Waals surface area contributed by atoms with Crippen LogP contribution in [-0.4, -0.2) is 31.3 Å². The Labute approximate surface area is 102 Å². The van der Waals surface area contributed by atoms with Crippen LogP contribution < -0.4 is 10.1 Å². The summed E-state index contributed by atoms with van der Waals surface area (Å²) in [6.07, 6.45) is 5.26. The molecular formula is C13H20N2O2. The molecular weight excluding hydrogens is 216 g/mol. The highest BCUT2D eigenvalue weighted by Crippen LogP contribution is 2.26. The number of anilines is 1. The molecule has 1 heterocycles. The van der Waals surface area contributed by atoms with Gasteiger partial charge in [-0.3, -0.25) is 0 Å². The summed E-state index contributed by atoms with van der Waals surface area (Å²) >= 11 is 0. The number of aryl methyl sites for hydroxylation is 1. The largest absolute Gasteiger partial charge is 0.493 e. The number of aromatic nitrogens is 1. The van der Waals surface area contributed by atoms with Crippen LogP contribution in [-0.2, 0) is 4.74 Å². The lowest BCUT2D eigenvalue weighted by atomic mass is 10.3. The first kappa shape index (κ1) is 12.2. The standard InChI is InChI=1S/C13H20N2O2/c1-10-9-14-13(15-11-4-5-11)8-12(10)17-7-3-6-16-2/h8-9,11H,3-7H2,1-2H3,(H,14,15). The van der Waals surface area contributed by atoms with E-state index in [2.05, 4.69) is 10.3 Å². The molecule has 0 spiro atoms. The maximum atomic E-state index is 5.72. The van der Waals surface area contributed by atoms with E-state index in [-0.39, 0.29) is 0 Å². The van der Waals surface area contributed by atoms with Crippen molar-refractivity contribution in [3.8, 4) is 5.75 Å². The molecule has 0 aliphatic heterocycles. The van der Waals surface area contributed by atoms with Crippen LogP contribution in [0.4, 0.5) is 5.82 Å². The monoisotopic (exact) mass is 236 g/mol. The Morgan fingerprint density at radius 2 is 2.24 bits per heavy atom. The lowest BCUT2D eigenvalue weighted by Gasteiger charge is -2.11. The van der Waals surface area contributed by atoms with E-state index < -0.39 is 0 Å². The van der Waals surface area contributed by atoms with Crippen LogP contribution in [0.3, 0.4) is 0 Å². The summed E-state index contributed by atoms with van der Waals surface area (Å²) in [7, 11) is 1.70. The van der Waals surface area contributed by atoms with Gasteiger partial charge in [-0.2, -0.15) is 0 Å². The minimum atomic E-state index is 0.617. The number of hydrogen-bond donors (Lipinski definition) is 1. The fourth-order valence-corrected chi connectivity index (χ4v) is 1.56. The van der Waals surface area contributed by atoms with Crippen LogP contribution in [0.1, 0.15) is 24.8 Å². The van der Waals surface area contributed by atoms with Crippen LogP contribution in [0.2, 0.25) is 0 Å². The van der Waals surface area contributed by atoms with Crippen LogP contribution in [0, 0.1) is 6.92 Å². The van der Waals surface area contributed by atoms with Gasteiger partial charge in [0.1, 0.15) is 11.6 Å². The van der Waals surface area contributed by atoms with Gasteiger partial charge in [0.2, 0.25) is 0 Å². The van der Waals surface area contributed by atoms with Crippen molar-refractivity contribution in [2.24, 2.45) is 0 Å². The van der Waals surface area contributed by atoms with Gasteiger partial charge in [0.05, 0.1) is 6.61 Å². The van der Waals surface area contributed by atoms with Crippen LogP contribution in [0.25, 0.3) is 0 Å². The molecule has 0 unspecified atom stereocenters. The molecule has 0 radical (unpaired) electrons. The molecule has 1 fully saturated rings. The van der Waals surface area contributed by atoms with Crippen LogP contribution in [0.15, 0.2) is 12.3 Å². The number of ether oxygens (including phenoxy) is 2. The topological polar surface area (TPSA) is 43.4 Å². The summed E-state index contributed by atoms with van der Waals surface area (Å²) in [5.74, 6) is 1.83. The Morgan fingerprint density at radius 1 is 1.41 bits per heavy atom. The fraction of sp³-hybridized carbons (Fsp3) is 0.615. The van der Waals surface area contributed by atoms with Crippen molar-refractivity contribution < 1.29 is 9.47 Å². The predicted octanol–water partition coefficient (Wildman–Crippen LogP) is 2.38. The van der Waals surface area contributed by atoms with E-state index in [1.54, 1.807) is 7.11 Å². The summed E-state index contributed by atoms with van der Waals surface area (Å²) in [6, 6.07) is 2.60. The number of hydrogen-bond acceptors (Lipinski definition) is 4. The van der Waals surface area contributed by atoms with Gasteiger partial charge in [-0.25, -0.2) is 4.98 Å². The van der Waals surface area contributed by atoms with Gasteiger partial charge in [-0.05, 0) is 19.8 Å². The van der Waals surface area contributed by atoms with Crippen molar-refractivity contribution >= 4 is 5.82 Å². The Hall–Kier alpha value is -1.29. The molecule has 1 aliphatic rings. The van der Waals surface area contributed by atoms with Gasteiger partial charge in [-0.15, -0.1) is 0 Å². The third-order valence-corrected chi connectivity index (χ3v) is 2.73. The number of methoxy groups -OCH3 is 1. The van der Waals surface area contributed by atoms with E-state index in [9.17, 15) is 0 Å². The van der Waals surface area contributed by atoms with Gasteiger partial charge >= 0.3 is 0 Å². The number of nitrogens with one attached hydrogen (secondary N) is 1. The van der Waals surface area contributed by atoms with Crippen molar-refractivity contribution in [2.75, 3.05) is 25.6 Å². The van der Waals surface area contributed by atoms with Crippen molar-refractivity contribution in [2.45, 2.75) is 32.2 Å². The van der Waals surface area contributed by atoms with E-state index in [1.165, 1.54) is 12.8 Å². The van der Waals surface area contributed by atoms with Crippen molar-refractivity contribution in [1.82, 2.24) is 4.98 Å². The number of nitrogens with zero attached hydrogens (tertiary/aromatic N) is 1. The Bertz CT molecular complexity index is 364. The average molecular weight is 236 g/mol. The second kappa shape index (κ2) is 5.87. The average Bonchev–Trinajstić information content (AvgIpc) is 3.12. The molecule has 0 aromatic carbocycles. The second-order valence-corrected chi connectivity index (χ2v) is 4.45. The predicted molar refractivity (Wildman–Crippen MR) is 67.6 cm³/mol. The minimum absolute atomic E-state index is 0.617. The molecule has 0 amide bonds. The van der Waals surface area contributed by atoms with Gasteiger partial charge in [0.25, 0.3) is 0 Å². The zero-order valence-electron chi connectivity index (χ0n) is 10.5. The molecule has 1 aliphatic carbocycles. The molecule has 1 N–H and O–H groups in total. The minimum Gasteiger partial charge on any atom is -0.493 e. The molecule has 0 atom stereocenters. The summed E-state index contributed by atoms with van der Waals surface area (Å²) in [5, 5.41) is 3.37. The number of rotatable bonds is 7. The zero-order valence-corrected chi connectivity index (χ0v) is 10.5. The van der Waals surface area contributed by atoms with E-state index in [4.69, 9.17) is 9.47 Å². The third kappa shape index (κ3) is 3.89.